The standard InChI is InChI=1S/C31H36N4O3/c1-7-37-28-21(3)20(2)27-32-25(26(35(27)34-28)23-12-9-8-10-13-23)22-14-16-24(17-15-22)31(18-11-19-31)33-29(36)38-30(4,5)6/h8-10,12-17H,7,11,18-19H2,1-6H3,(H,33,36). The van der Waals surface area contributed by atoms with Gasteiger partial charge in [-0.2, -0.15) is 0 Å². The predicted molar refractivity (Wildman–Crippen MR) is 149 cm³/mol. The molecule has 0 saturated heterocycles. The molecule has 1 N–H and O–H groups in total. The summed E-state index contributed by atoms with van der Waals surface area (Å²) < 4.78 is 13.3. The molecule has 4 aromatic rings. The minimum atomic E-state index is -0.539. The van der Waals surface area contributed by atoms with Crippen molar-refractivity contribution in [2.75, 3.05) is 6.61 Å². The number of ether oxygens (including phenoxy) is 2. The first kappa shape index (κ1) is 25.8. The highest BCUT2D eigenvalue weighted by atomic mass is 16.6. The van der Waals surface area contributed by atoms with E-state index in [1.807, 2.05) is 57.3 Å². The average Bonchev–Trinajstić information content (AvgIpc) is 3.24. The fourth-order valence-corrected chi connectivity index (χ4v) is 5.04. The number of amides is 1. The minimum absolute atomic E-state index is 0.380. The van der Waals surface area contributed by atoms with Gasteiger partial charge >= 0.3 is 6.09 Å². The van der Waals surface area contributed by atoms with E-state index in [1.165, 1.54) is 0 Å². The molecular formula is C31H36N4O3. The van der Waals surface area contributed by atoms with E-state index < -0.39 is 11.1 Å². The van der Waals surface area contributed by atoms with Gasteiger partial charge in [-0.25, -0.2) is 14.3 Å². The van der Waals surface area contributed by atoms with Crippen LogP contribution in [0.25, 0.3) is 28.2 Å². The molecule has 0 bridgehead atoms. The van der Waals surface area contributed by atoms with Crippen LogP contribution in [-0.2, 0) is 10.3 Å². The second-order valence-corrected chi connectivity index (χ2v) is 11.0. The third kappa shape index (κ3) is 4.73. The number of nitrogens with one attached hydrogen (secondary N) is 1. The van der Waals surface area contributed by atoms with E-state index in [0.29, 0.717) is 12.5 Å². The lowest BCUT2D eigenvalue weighted by Crippen LogP contribution is -2.52. The van der Waals surface area contributed by atoms with E-state index in [2.05, 4.69) is 48.6 Å². The first-order chi connectivity index (χ1) is 18.1. The Bertz CT molecular complexity index is 1460. The van der Waals surface area contributed by atoms with Gasteiger partial charge in [0.15, 0.2) is 5.65 Å². The number of hydrogen-bond donors (Lipinski definition) is 1. The van der Waals surface area contributed by atoms with Crippen molar-refractivity contribution in [3.8, 4) is 28.4 Å². The molecule has 0 spiro atoms. The van der Waals surface area contributed by atoms with Crippen molar-refractivity contribution >= 4 is 11.7 Å². The van der Waals surface area contributed by atoms with Gasteiger partial charge in [-0.05, 0) is 66.4 Å². The number of aryl methyl sites for hydroxylation is 1. The Morgan fingerprint density at radius 3 is 2.26 bits per heavy atom. The fourth-order valence-electron chi connectivity index (χ4n) is 5.04. The molecule has 198 valence electrons. The van der Waals surface area contributed by atoms with E-state index in [4.69, 9.17) is 19.6 Å². The zero-order chi connectivity index (χ0) is 27.1. The Hall–Kier alpha value is -3.87. The maximum Gasteiger partial charge on any atom is 0.408 e. The quantitative estimate of drug-likeness (QED) is 0.301. The SMILES string of the molecule is CCOc1nn2c(-c3ccccc3)c(-c3ccc(C4(NC(=O)OC(C)(C)C)CCC4)cc3)nc2c(C)c1C. The van der Waals surface area contributed by atoms with Gasteiger partial charge in [0, 0.05) is 22.3 Å². The van der Waals surface area contributed by atoms with Gasteiger partial charge in [0.05, 0.1) is 17.8 Å². The lowest BCUT2D eigenvalue weighted by atomic mass is 9.71. The minimum Gasteiger partial charge on any atom is -0.477 e. The zero-order valence-corrected chi connectivity index (χ0v) is 23.1. The smallest absolute Gasteiger partial charge is 0.408 e. The molecule has 0 unspecified atom stereocenters. The number of hydrogen-bond acceptors (Lipinski definition) is 5. The molecule has 1 fully saturated rings. The van der Waals surface area contributed by atoms with Crippen LogP contribution in [-0.4, -0.2) is 32.9 Å². The molecule has 1 saturated carbocycles. The third-order valence-electron chi connectivity index (χ3n) is 7.25. The number of nitrogens with zero attached hydrogens (tertiary/aromatic N) is 3. The Balaban J connectivity index is 1.58. The van der Waals surface area contributed by atoms with Crippen molar-refractivity contribution in [2.24, 2.45) is 0 Å². The van der Waals surface area contributed by atoms with Gasteiger partial charge in [-0.3, -0.25) is 0 Å². The molecule has 0 radical (unpaired) electrons. The summed E-state index contributed by atoms with van der Waals surface area (Å²) in [5, 5.41) is 8.01. The summed E-state index contributed by atoms with van der Waals surface area (Å²) in [4.78, 5) is 17.7. The number of fused-ring (bicyclic) bond motifs is 1. The lowest BCUT2D eigenvalue weighted by Gasteiger charge is -2.43. The molecule has 2 heterocycles. The number of benzene rings is 2. The van der Waals surface area contributed by atoms with Crippen LogP contribution < -0.4 is 10.1 Å². The van der Waals surface area contributed by atoms with Gasteiger partial charge < -0.3 is 14.8 Å². The third-order valence-corrected chi connectivity index (χ3v) is 7.25. The van der Waals surface area contributed by atoms with Crippen LogP contribution in [0, 0.1) is 13.8 Å². The topological polar surface area (TPSA) is 77.8 Å². The van der Waals surface area contributed by atoms with E-state index >= 15 is 0 Å². The van der Waals surface area contributed by atoms with Crippen molar-refractivity contribution in [1.29, 1.82) is 0 Å². The van der Waals surface area contributed by atoms with Crippen molar-refractivity contribution < 1.29 is 14.3 Å². The van der Waals surface area contributed by atoms with Gasteiger partial charge in [-0.1, -0.05) is 54.6 Å². The molecule has 7 nitrogen and oxygen atoms in total. The Morgan fingerprint density at radius 1 is 1.00 bits per heavy atom. The summed E-state index contributed by atoms with van der Waals surface area (Å²) in [7, 11) is 0. The Morgan fingerprint density at radius 2 is 1.68 bits per heavy atom. The van der Waals surface area contributed by atoms with E-state index in [9.17, 15) is 4.79 Å². The molecule has 0 aliphatic heterocycles. The van der Waals surface area contributed by atoms with Gasteiger partial charge in [0.2, 0.25) is 5.88 Å². The molecule has 38 heavy (non-hydrogen) atoms. The normalized spacial score (nSPS) is 14.7. The number of alkyl carbamates (subject to hydrolysis) is 1. The van der Waals surface area contributed by atoms with Crippen LogP contribution >= 0.6 is 0 Å². The molecule has 1 amide bonds. The summed E-state index contributed by atoms with van der Waals surface area (Å²) in [6.07, 6.45) is 2.46. The van der Waals surface area contributed by atoms with Crippen LogP contribution in [0.2, 0.25) is 0 Å². The molecular weight excluding hydrogens is 476 g/mol. The molecule has 1 aliphatic rings. The highest BCUT2D eigenvalue weighted by Crippen LogP contribution is 2.43. The van der Waals surface area contributed by atoms with Crippen molar-refractivity contribution in [3.63, 3.8) is 0 Å². The summed E-state index contributed by atoms with van der Waals surface area (Å²) in [6.45, 7) is 12.2. The summed E-state index contributed by atoms with van der Waals surface area (Å²) in [5.41, 5.74) is 6.77. The molecule has 2 aromatic carbocycles. The Kier molecular flexibility index (Phi) is 6.63. The van der Waals surface area contributed by atoms with E-state index in [1.54, 1.807) is 0 Å². The van der Waals surface area contributed by atoms with Crippen molar-refractivity contribution in [3.05, 3.63) is 71.3 Å². The van der Waals surface area contributed by atoms with Crippen LogP contribution in [0.15, 0.2) is 54.6 Å². The monoisotopic (exact) mass is 512 g/mol. The average molecular weight is 513 g/mol. The van der Waals surface area contributed by atoms with Crippen LogP contribution in [0.1, 0.15) is 63.6 Å². The molecule has 7 heteroatoms. The number of carbonyl (C=O) groups is 1. The van der Waals surface area contributed by atoms with Crippen molar-refractivity contribution in [1.82, 2.24) is 19.9 Å². The number of rotatable bonds is 6. The number of carbonyl (C=O) groups excluding carboxylic acids is 1. The van der Waals surface area contributed by atoms with E-state index in [0.717, 1.165) is 64.1 Å². The van der Waals surface area contributed by atoms with Gasteiger partial charge in [-0.15, -0.1) is 5.10 Å². The van der Waals surface area contributed by atoms with Crippen LogP contribution in [0.4, 0.5) is 4.79 Å². The lowest BCUT2D eigenvalue weighted by molar-refractivity contribution is 0.0377. The predicted octanol–water partition coefficient (Wildman–Crippen LogP) is 6.98. The second kappa shape index (κ2) is 9.78. The largest absolute Gasteiger partial charge is 0.477 e. The maximum atomic E-state index is 12.6. The number of imidazole rings is 1. The first-order valence-corrected chi connectivity index (χ1v) is 13.3. The highest BCUT2D eigenvalue weighted by molar-refractivity contribution is 5.82. The second-order valence-electron chi connectivity index (χ2n) is 11.0. The Labute approximate surface area is 224 Å². The highest BCUT2D eigenvalue weighted by Gasteiger charge is 2.41. The van der Waals surface area contributed by atoms with Crippen LogP contribution in [0.3, 0.4) is 0 Å². The van der Waals surface area contributed by atoms with Gasteiger partial charge in [0.25, 0.3) is 0 Å². The van der Waals surface area contributed by atoms with Gasteiger partial charge in [0.1, 0.15) is 11.3 Å². The summed E-state index contributed by atoms with van der Waals surface area (Å²) >= 11 is 0. The summed E-state index contributed by atoms with van der Waals surface area (Å²) in [5.74, 6) is 0.620. The van der Waals surface area contributed by atoms with Crippen molar-refractivity contribution in [2.45, 2.75) is 71.9 Å². The summed E-state index contributed by atoms with van der Waals surface area (Å²) in [6, 6.07) is 18.6. The molecule has 0 atom stereocenters. The first-order valence-electron chi connectivity index (χ1n) is 13.3. The number of aromatic nitrogens is 3. The van der Waals surface area contributed by atoms with E-state index in [-0.39, 0.29) is 6.09 Å². The fraction of sp³-hybridized carbons (Fsp3) is 0.387. The molecule has 2 aromatic heterocycles. The zero-order valence-electron chi connectivity index (χ0n) is 23.1. The van der Waals surface area contributed by atoms with Crippen LogP contribution in [0.5, 0.6) is 5.88 Å². The maximum absolute atomic E-state index is 12.6. The molecule has 5 rings (SSSR count). The molecule has 1 aliphatic carbocycles.